The molecule has 2 nitrogen and oxygen atoms in total. The fourth-order valence-corrected chi connectivity index (χ4v) is 1.89. The van der Waals surface area contributed by atoms with Crippen molar-refractivity contribution in [2.24, 2.45) is 0 Å². The molecule has 1 atom stereocenters. The number of allylic oxidation sites excluding steroid dienone is 1. The third-order valence-electron chi connectivity index (χ3n) is 2.26. The Balaban J connectivity index is 2.23. The molecule has 1 heterocycles. The molecule has 1 aromatic rings. The number of hydrogen-bond acceptors (Lipinski definition) is 3. The van der Waals surface area contributed by atoms with Gasteiger partial charge in [-0.2, -0.15) is 0 Å². The van der Waals surface area contributed by atoms with Crippen molar-refractivity contribution in [1.29, 1.82) is 0 Å². The second-order valence-electron chi connectivity index (χ2n) is 3.32. The van der Waals surface area contributed by atoms with Crippen molar-refractivity contribution in [3.8, 4) is 0 Å². The van der Waals surface area contributed by atoms with Crippen molar-refractivity contribution >= 4 is 11.3 Å². The second-order valence-corrected chi connectivity index (χ2v) is 4.29. The molecule has 78 valence electrons. The summed E-state index contributed by atoms with van der Waals surface area (Å²) in [5.41, 5.74) is 1.88. The van der Waals surface area contributed by atoms with Gasteiger partial charge in [-0.05, 0) is 19.3 Å². The van der Waals surface area contributed by atoms with Gasteiger partial charge in [0.25, 0.3) is 0 Å². The minimum atomic E-state index is 0.607. The molecule has 0 saturated heterocycles. The molecule has 0 amide bonds. The summed E-state index contributed by atoms with van der Waals surface area (Å²) in [6, 6.07) is 0.607. The van der Waals surface area contributed by atoms with Crippen molar-refractivity contribution in [2.45, 2.75) is 38.8 Å². The Kier molecular flexibility index (Phi) is 5.49. The average Bonchev–Trinajstić information content (AvgIpc) is 2.71. The van der Waals surface area contributed by atoms with Gasteiger partial charge in [0.15, 0.2) is 0 Å². The van der Waals surface area contributed by atoms with Gasteiger partial charge >= 0.3 is 0 Å². The molecule has 0 aliphatic rings. The third-order valence-corrected chi connectivity index (χ3v) is 3.04. The van der Waals surface area contributed by atoms with Gasteiger partial charge in [0.2, 0.25) is 0 Å². The highest BCUT2D eigenvalue weighted by Crippen LogP contribution is 2.07. The zero-order chi connectivity index (χ0) is 10.2. The Labute approximate surface area is 90.1 Å². The SMILES string of the molecule is C=CCCC(CC)NCc1cncs1. The Bertz CT molecular complexity index is 244. The summed E-state index contributed by atoms with van der Waals surface area (Å²) in [5, 5.41) is 3.53. The molecule has 0 aliphatic carbocycles. The van der Waals surface area contributed by atoms with Crippen LogP contribution in [-0.4, -0.2) is 11.0 Å². The number of aromatic nitrogens is 1. The first-order valence-electron chi connectivity index (χ1n) is 5.08. The Morgan fingerprint density at radius 1 is 1.71 bits per heavy atom. The van der Waals surface area contributed by atoms with Crippen molar-refractivity contribution in [2.75, 3.05) is 0 Å². The topological polar surface area (TPSA) is 24.9 Å². The minimum Gasteiger partial charge on any atom is -0.309 e. The summed E-state index contributed by atoms with van der Waals surface area (Å²) in [4.78, 5) is 5.36. The third kappa shape index (κ3) is 4.03. The van der Waals surface area contributed by atoms with E-state index in [1.807, 2.05) is 17.8 Å². The predicted octanol–water partition coefficient (Wildman–Crippen LogP) is 2.98. The van der Waals surface area contributed by atoms with Gasteiger partial charge in [-0.1, -0.05) is 13.0 Å². The van der Waals surface area contributed by atoms with Gasteiger partial charge < -0.3 is 5.32 Å². The van der Waals surface area contributed by atoms with Gasteiger partial charge in [0, 0.05) is 23.7 Å². The summed E-state index contributed by atoms with van der Waals surface area (Å²) in [5.74, 6) is 0. The van der Waals surface area contributed by atoms with Crippen LogP contribution in [-0.2, 0) is 6.54 Å². The zero-order valence-electron chi connectivity index (χ0n) is 8.70. The van der Waals surface area contributed by atoms with E-state index in [0.29, 0.717) is 6.04 Å². The van der Waals surface area contributed by atoms with Crippen LogP contribution < -0.4 is 5.32 Å². The van der Waals surface area contributed by atoms with Crippen molar-refractivity contribution < 1.29 is 0 Å². The molecule has 0 fully saturated rings. The van der Waals surface area contributed by atoms with Gasteiger partial charge in [-0.3, -0.25) is 4.98 Å². The molecule has 1 N–H and O–H groups in total. The number of hydrogen-bond donors (Lipinski definition) is 1. The predicted molar refractivity (Wildman–Crippen MR) is 62.5 cm³/mol. The van der Waals surface area contributed by atoms with E-state index in [4.69, 9.17) is 0 Å². The number of rotatable bonds is 7. The molecule has 0 aromatic carbocycles. The molecule has 3 heteroatoms. The van der Waals surface area contributed by atoms with E-state index in [1.54, 1.807) is 11.3 Å². The van der Waals surface area contributed by atoms with E-state index in [-0.39, 0.29) is 0 Å². The molecular formula is C11H18N2S. The first kappa shape index (κ1) is 11.4. The molecule has 14 heavy (non-hydrogen) atoms. The van der Waals surface area contributed by atoms with E-state index >= 15 is 0 Å². The standard InChI is InChI=1S/C11H18N2S/c1-3-5-6-10(4-2)13-8-11-7-12-9-14-11/h3,7,9-10,13H,1,4-6,8H2,2H3. The van der Waals surface area contributed by atoms with Crippen LogP contribution in [0.3, 0.4) is 0 Å². The summed E-state index contributed by atoms with van der Waals surface area (Å²) < 4.78 is 0. The first-order valence-corrected chi connectivity index (χ1v) is 5.96. The fraction of sp³-hybridized carbons (Fsp3) is 0.545. The van der Waals surface area contributed by atoms with E-state index in [2.05, 4.69) is 23.8 Å². The van der Waals surface area contributed by atoms with Crippen molar-refractivity contribution in [3.05, 3.63) is 29.2 Å². The molecule has 0 radical (unpaired) electrons. The lowest BCUT2D eigenvalue weighted by molar-refractivity contribution is 0.472. The number of nitrogens with zero attached hydrogens (tertiary/aromatic N) is 1. The lowest BCUT2D eigenvalue weighted by atomic mass is 10.1. The molecule has 0 saturated carbocycles. The Morgan fingerprint density at radius 2 is 2.57 bits per heavy atom. The van der Waals surface area contributed by atoms with E-state index < -0.39 is 0 Å². The van der Waals surface area contributed by atoms with Gasteiger partial charge in [0.1, 0.15) is 0 Å². The lowest BCUT2D eigenvalue weighted by Gasteiger charge is -2.14. The second kappa shape index (κ2) is 6.74. The smallest absolute Gasteiger partial charge is 0.0794 e. The van der Waals surface area contributed by atoms with Crippen molar-refractivity contribution in [3.63, 3.8) is 0 Å². The first-order chi connectivity index (χ1) is 6.86. The fourth-order valence-electron chi connectivity index (χ4n) is 1.34. The molecule has 0 spiro atoms. The Hall–Kier alpha value is -0.670. The van der Waals surface area contributed by atoms with Crippen LogP contribution in [0.4, 0.5) is 0 Å². The van der Waals surface area contributed by atoms with Gasteiger partial charge in [-0.15, -0.1) is 17.9 Å². The van der Waals surface area contributed by atoms with Gasteiger partial charge in [0.05, 0.1) is 5.51 Å². The highest BCUT2D eigenvalue weighted by molar-refractivity contribution is 7.09. The van der Waals surface area contributed by atoms with Crippen LogP contribution in [0.5, 0.6) is 0 Å². The van der Waals surface area contributed by atoms with E-state index in [1.165, 1.54) is 17.7 Å². The summed E-state index contributed by atoms with van der Waals surface area (Å²) in [6.45, 7) is 6.90. The number of thiazole rings is 1. The molecular weight excluding hydrogens is 192 g/mol. The monoisotopic (exact) mass is 210 g/mol. The van der Waals surface area contributed by atoms with Crippen molar-refractivity contribution in [1.82, 2.24) is 10.3 Å². The normalized spacial score (nSPS) is 12.6. The summed E-state index contributed by atoms with van der Waals surface area (Å²) in [6.07, 6.45) is 7.36. The largest absolute Gasteiger partial charge is 0.309 e. The number of nitrogens with one attached hydrogen (secondary N) is 1. The van der Waals surface area contributed by atoms with E-state index in [0.717, 1.165) is 13.0 Å². The van der Waals surface area contributed by atoms with Crippen LogP contribution in [0.25, 0.3) is 0 Å². The molecule has 0 bridgehead atoms. The van der Waals surface area contributed by atoms with Crippen LogP contribution in [0.15, 0.2) is 24.4 Å². The average molecular weight is 210 g/mol. The molecule has 1 aromatic heterocycles. The highest BCUT2D eigenvalue weighted by Gasteiger charge is 2.04. The van der Waals surface area contributed by atoms with E-state index in [9.17, 15) is 0 Å². The minimum absolute atomic E-state index is 0.607. The maximum Gasteiger partial charge on any atom is 0.0794 e. The summed E-state index contributed by atoms with van der Waals surface area (Å²) in [7, 11) is 0. The summed E-state index contributed by atoms with van der Waals surface area (Å²) >= 11 is 1.71. The zero-order valence-corrected chi connectivity index (χ0v) is 9.52. The Morgan fingerprint density at radius 3 is 3.14 bits per heavy atom. The molecule has 0 aliphatic heterocycles. The van der Waals surface area contributed by atoms with Crippen LogP contribution in [0.1, 0.15) is 31.1 Å². The molecule has 1 unspecified atom stereocenters. The van der Waals surface area contributed by atoms with Crippen LogP contribution >= 0.6 is 11.3 Å². The van der Waals surface area contributed by atoms with Gasteiger partial charge in [-0.25, -0.2) is 0 Å². The van der Waals surface area contributed by atoms with Crippen LogP contribution in [0, 0.1) is 0 Å². The maximum atomic E-state index is 4.05. The lowest BCUT2D eigenvalue weighted by Crippen LogP contribution is -2.27. The molecule has 1 rings (SSSR count). The quantitative estimate of drug-likeness (QED) is 0.700. The highest BCUT2D eigenvalue weighted by atomic mass is 32.1. The van der Waals surface area contributed by atoms with Crippen LogP contribution in [0.2, 0.25) is 0 Å². The maximum absolute atomic E-state index is 4.05.